The fourth-order valence-electron chi connectivity index (χ4n) is 2.79. The highest BCUT2D eigenvalue weighted by atomic mass is 32.2. The molecule has 1 aliphatic heterocycles. The average Bonchev–Trinajstić information content (AvgIpc) is 3.25. The molecule has 2 aromatic rings. The summed E-state index contributed by atoms with van der Waals surface area (Å²) in [6, 6.07) is 9.98. The molecule has 7 heteroatoms. The fourth-order valence-corrected chi connectivity index (χ4v) is 4.17. The van der Waals surface area contributed by atoms with E-state index < -0.39 is 9.84 Å². The second kappa shape index (κ2) is 7.19. The SMILES string of the molecule is O=C(NCC1CCCN1)c1occc1CS(=O)(=O)c1ccccc1. The lowest BCUT2D eigenvalue weighted by molar-refractivity contribution is 0.0921. The summed E-state index contributed by atoms with van der Waals surface area (Å²) < 4.78 is 30.1. The first kappa shape index (κ1) is 16.7. The molecule has 1 fully saturated rings. The molecule has 6 nitrogen and oxygen atoms in total. The van der Waals surface area contributed by atoms with Gasteiger partial charge in [0, 0.05) is 18.2 Å². The van der Waals surface area contributed by atoms with E-state index in [4.69, 9.17) is 4.42 Å². The predicted molar refractivity (Wildman–Crippen MR) is 89.4 cm³/mol. The summed E-state index contributed by atoms with van der Waals surface area (Å²) in [5.41, 5.74) is 0.371. The molecule has 1 aromatic carbocycles. The number of sulfone groups is 1. The van der Waals surface area contributed by atoms with Gasteiger partial charge in [0.05, 0.1) is 16.9 Å². The third-order valence-corrected chi connectivity index (χ3v) is 5.75. The molecular formula is C17H20N2O4S. The van der Waals surface area contributed by atoms with Crippen molar-refractivity contribution in [1.29, 1.82) is 0 Å². The maximum Gasteiger partial charge on any atom is 0.287 e. The standard InChI is InChI=1S/C17H20N2O4S/c20-17(19-11-14-5-4-9-18-14)16-13(8-10-23-16)12-24(21,22)15-6-2-1-3-7-15/h1-3,6-8,10,14,18H,4-5,9,11-12H2,(H,19,20). The maximum atomic E-state index is 12.5. The molecule has 2 N–H and O–H groups in total. The first-order valence-electron chi connectivity index (χ1n) is 7.92. The van der Waals surface area contributed by atoms with Gasteiger partial charge in [-0.25, -0.2) is 8.42 Å². The normalized spacial score (nSPS) is 17.8. The van der Waals surface area contributed by atoms with Crippen LogP contribution in [0, 0.1) is 0 Å². The van der Waals surface area contributed by atoms with Gasteiger partial charge in [-0.15, -0.1) is 0 Å². The molecule has 24 heavy (non-hydrogen) atoms. The average molecular weight is 348 g/mol. The summed E-state index contributed by atoms with van der Waals surface area (Å²) in [6.07, 6.45) is 3.47. The zero-order chi connectivity index (χ0) is 17.0. The first-order valence-corrected chi connectivity index (χ1v) is 9.57. The first-order chi connectivity index (χ1) is 11.6. The smallest absolute Gasteiger partial charge is 0.287 e. The molecule has 1 unspecified atom stereocenters. The summed E-state index contributed by atoms with van der Waals surface area (Å²) in [5, 5.41) is 6.09. The van der Waals surface area contributed by atoms with Crippen molar-refractivity contribution in [3.63, 3.8) is 0 Å². The van der Waals surface area contributed by atoms with E-state index >= 15 is 0 Å². The Morgan fingerprint density at radius 2 is 2.04 bits per heavy atom. The molecule has 0 spiro atoms. The van der Waals surface area contributed by atoms with Crippen molar-refractivity contribution in [3.05, 3.63) is 54.0 Å². The van der Waals surface area contributed by atoms with E-state index in [2.05, 4.69) is 10.6 Å². The lowest BCUT2D eigenvalue weighted by Crippen LogP contribution is -2.37. The monoisotopic (exact) mass is 348 g/mol. The van der Waals surface area contributed by atoms with Crippen LogP contribution in [0.3, 0.4) is 0 Å². The Bertz CT molecular complexity index is 793. The van der Waals surface area contributed by atoms with Gasteiger partial charge in [0.1, 0.15) is 0 Å². The Labute approximate surface area is 141 Å². The van der Waals surface area contributed by atoms with Crippen molar-refractivity contribution in [2.45, 2.75) is 29.5 Å². The second-order valence-corrected chi connectivity index (χ2v) is 7.84. The highest BCUT2D eigenvalue weighted by Crippen LogP contribution is 2.20. The molecule has 1 amide bonds. The molecule has 3 rings (SSSR count). The van der Waals surface area contributed by atoms with Gasteiger partial charge in [-0.05, 0) is 37.6 Å². The number of benzene rings is 1. The van der Waals surface area contributed by atoms with E-state index in [-0.39, 0.29) is 28.4 Å². The topological polar surface area (TPSA) is 88.4 Å². The number of amides is 1. The summed E-state index contributed by atoms with van der Waals surface area (Å²) >= 11 is 0. The van der Waals surface area contributed by atoms with Crippen LogP contribution in [0.4, 0.5) is 0 Å². The van der Waals surface area contributed by atoms with Crippen molar-refractivity contribution in [2.75, 3.05) is 13.1 Å². The number of hydrogen-bond acceptors (Lipinski definition) is 5. The molecule has 0 bridgehead atoms. The van der Waals surface area contributed by atoms with Crippen molar-refractivity contribution in [2.24, 2.45) is 0 Å². The van der Waals surface area contributed by atoms with Crippen molar-refractivity contribution in [3.8, 4) is 0 Å². The number of nitrogens with one attached hydrogen (secondary N) is 2. The van der Waals surface area contributed by atoms with Gasteiger partial charge in [-0.2, -0.15) is 0 Å². The van der Waals surface area contributed by atoms with Crippen molar-refractivity contribution < 1.29 is 17.6 Å². The van der Waals surface area contributed by atoms with E-state index in [1.165, 1.54) is 12.3 Å². The van der Waals surface area contributed by atoms with Gasteiger partial charge in [0.25, 0.3) is 5.91 Å². The molecule has 1 atom stereocenters. The third kappa shape index (κ3) is 3.85. The molecule has 0 saturated carbocycles. The van der Waals surface area contributed by atoms with E-state index in [1.54, 1.807) is 30.3 Å². The maximum absolute atomic E-state index is 12.5. The van der Waals surface area contributed by atoms with Crippen LogP contribution in [0.25, 0.3) is 0 Å². The van der Waals surface area contributed by atoms with E-state index in [0.29, 0.717) is 12.1 Å². The molecule has 1 saturated heterocycles. The molecule has 1 aliphatic rings. The van der Waals surface area contributed by atoms with Crippen LogP contribution in [-0.2, 0) is 15.6 Å². The van der Waals surface area contributed by atoms with E-state index in [1.807, 2.05) is 0 Å². The number of furan rings is 1. The molecule has 128 valence electrons. The lowest BCUT2D eigenvalue weighted by Gasteiger charge is -2.11. The third-order valence-electron chi connectivity index (χ3n) is 4.07. The van der Waals surface area contributed by atoms with Crippen LogP contribution in [0.5, 0.6) is 0 Å². The van der Waals surface area contributed by atoms with Gasteiger partial charge in [-0.3, -0.25) is 4.79 Å². The van der Waals surface area contributed by atoms with E-state index in [0.717, 1.165) is 19.4 Å². The quantitative estimate of drug-likeness (QED) is 0.830. The fraction of sp³-hybridized carbons (Fsp3) is 0.353. The van der Waals surface area contributed by atoms with Crippen LogP contribution in [0.2, 0.25) is 0 Å². The summed E-state index contributed by atoms with van der Waals surface area (Å²) in [5.74, 6) is -0.586. The Morgan fingerprint density at radius 3 is 2.75 bits per heavy atom. The van der Waals surface area contributed by atoms with Crippen LogP contribution < -0.4 is 10.6 Å². The van der Waals surface area contributed by atoms with E-state index in [9.17, 15) is 13.2 Å². The Balaban J connectivity index is 1.69. The number of rotatable bonds is 6. The number of carbonyl (C=O) groups is 1. The molecular weight excluding hydrogens is 328 g/mol. The van der Waals surface area contributed by atoms with Gasteiger partial charge in [0.2, 0.25) is 0 Å². The summed E-state index contributed by atoms with van der Waals surface area (Å²) in [6.45, 7) is 1.46. The van der Waals surface area contributed by atoms with Gasteiger partial charge in [-0.1, -0.05) is 18.2 Å². The minimum absolute atomic E-state index is 0.0625. The zero-order valence-corrected chi connectivity index (χ0v) is 14.0. The zero-order valence-electron chi connectivity index (χ0n) is 13.2. The van der Waals surface area contributed by atoms with Crippen LogP contribution in [-0.4, -0.2) is 33.5 Å². The van der Waals surface area contributed by atoms with Gasteiger partial charge in [0.15, 0.2) is 15.6 Å². The number of hydrogen-bond donors (Lipinski definition) is 2. The predicted octanol–water partition coefficient (Wildman–Crippen LogP) is 1.74. The lowest BCUT2D eigenvalue weighted by atomic mass is 10.2. The minimum Gasteiger partial charge on any atom is -0.459 e. The molecule has 1 aromatic heterocycles. The molecule has 0 aliphatic carbocycles. The second-order valence-electron chi connectivity index (χ2n) is 5.85. The van der Waals surface area contributed by atoms with Crippen LogP contribution in [0.1, 0.15) is 29.0 Å². The number of carbonyl (C=O) groups excluding carboxylic acids is 1. The van der Waals surface area contributed by atoms with Crippen molar-refractivity contribution in [1.82, 2.24) is 10.6 Å². The highest BCUT2D eigenvalue weighted by molar-refractivity contribution is 7.90. The Morgan fingerprint density at radius 1 is 1.25 bits per heavy atom. The highest BCUT2D eigenvalue weighted by Gasteiger charge is 2.23. The molecule has 0 radical (unpaired) electrons. The summed E-state index contributed by atoms with van der Waals surface area (Å²) in [4.78, 5) is 12.5. The van der Waals surface area contributed by atoms with Crippen LogP contribution >= 0.6 is 0 Å². The largest absolute Gasteiger partial charge is 0.459 e. The van der Waals surface area contributed by atoms with Gasteiger partial charge < -0.3 is 15.1 Å². The summed E-state index contributed by atoms with van der Waals surface area (Å²) in [7, 11) is -3.52. The Kier molecular flexibility index (Phi) is 5.01. The molecule has 2 heterocycles. The Hall–Kier alpha value is -2.12. The van der Waals surface area contributed by atoms with Gasteiger partial charge >= 0.3 is 0 Å². The van der Waals surface area contributed by atoms with Crippen molar-refractivity contribution >= 4 is 15.7 Å². The minimum atomic E-state index is -3.52. The van der Waals surface area contributed by atoms with Crippen LogP contribution in [0.15, 0.2) is 52.0 Å².